The maximum Gasteiger partial charge on any atom is 0.242 e. The van der Waals surface area contributed by atoms with Crippen LogP contribution >= 0.6 is 11.3 Å². The van der Waals surface area contributed by atoms with Crippen molar-refractivity contribution in [2.45, 2.75) is 25.9 Å². The van der Waals surface area contributed by atoms with Crippen LogP contribution < -0.4 is 10.6 Å². The van der Waals surface area contributed by atoms with Crippen LogP contribution in [0, 0.1) is 0 Å². The molecule has 0 saturated heterocycles. The fourth-order valence-electron chi connectivity index (χ4n) is 2.95. The zero-order chi connectivity index (χ0) is 19.3. The average molecular weight is 391 g/mol. The maximum absolute atomic E-state index is 12.2. The third-order valence-corrected chi connectivity index (χ3v) is 5.48. The zero-order valence-corrected chi connectivity index (χ0v) is 16.3. The molecule has 0 spiro atoms. The molecule has 0 saturated carbocycles. The Kier molecular flexibility index (Phi) is 5.39. The average Bonchev–Trinajstić information content (AvgIpc) is 3.36. The third kappa shape index (κ3) is 4.40. The number of rotatable bonds is 7. The number of carbonyl (C=O) groups excluding carboxylic acids is 1. The minimum Gasteiger partial charge on any atom is -0.467 e. The molecule has 0 bridgehead atoms. The summed E-state index contributed by atoms with van der Waals surface area (Å²) in [6.45, 7) is 2.23. The van der Waals surface area contributed by atoms with Crippen molar-refractivity contribution < 1.29 is 9.21 Å². The number of para-hydroxylation sites is 1. The first kappa shape index (κ1) is 18.3. The molecule has 1 amide bonds. The zero-order valence-electron chi connectivity index (χ0n) is 15.5. The van der Waals surface area contributed by atoms with E-state index in [-0.39, 0.29) is 11.9 Å². The van der Waals surface area contributed by atoms with Gasteiger partial charge < -0.3 is 15.1 Å². The maximum atomic E-state index is 12.2. The Bertz CT molecular complexity index is 1020. The van der Waals surface area contributed by atoms with Gasteiger partial charge in [0.15, 0.2) is 0 Å². The van der Waals surface area contributed by atoms with Gasteiger partial charge in [0.05, 0.1) is 28.0 Å². The van der Waals surface area contributed by atoms with Crippen LogP contribution in [0.2, 0.25) is 0 Å². The second kappa shape index (κ2) is 8.27. The van der Waals surface area contributed by atoms with Gasteiger partial charge in [-0.25, -0.2) is 4.98 Å². The van der Waals surface area contributed by atoms with Gasteiger partial charge in [0.1, 0.15) is 11.8 Å². The van der Waals surface area contributed by atoms with Gasteiger partial charge in [-0.05, 0) is 48.9 Å². The largest absolute Gasteiger partial charge is 0.467 e. The van der Waals surface area contributed by atoms with E-state index in [1.165, 1.54) is 10.3 Å². The van der Waals surface area contributed by atoms with Crippen LogP contribution in [0.1, 0.15) is 23.3 Å². The summed E-state index contributed by atoms with van der Waals surface area (Å²) >= 11 is 1.73. The molecule has 2 N–H and O–H groups in total. The molecule has 0 radical (unpaired) electrons. The van der Waals surface area contributed by atoms with E-state index < -0.39 is 0 Å². The van der Waals surface area contributed by atoms with E-state index in [1.54, 1.807) is 23.7 Å². The van der Waals surface area contributed by atoms with Crippen molar-refractivity contribution in [2.75, 3.05) is 5.32 Å². The first-order valence-corrected chi connectivity index (χ1v) is 9.99. The lowest BCUT2D eigenvalue weighted by Gasteiger charge is -2.15. The molecule has 4 aromatic rings. The second-order valence-electron chi connectivity index (χ2n) is 6.61. The topological polar surface area (TPSA) is 67.2 Å². The van der Waals surface area contributed by atoms with Crippen molar-refractivity contribution >= 4 is 33.1 Å². The van der Waals surface area contributed by atoms with Crippen LogP contribution in [0.15, 0.2) is 71.3 Å². The van der Waals surface area contributed by atoms with Gasteiger partial charge in [-0.1, -0.05) is 24.3 Å². The Hall–Kier alpha value is -3.12. The summed E-state index contributed by atoms with van der Waals surface area (Å²) in [5.74, 6) is 0.662. The molecule has 0 aliphatic carbocycles. The fourth-order valence-corrected chi connectivity index (χ4v) is 3.95. The highest BCUT2D eigenvalue weighted by atomic mass is 32.1. The Morgan fingerprint density at radius 3 is 2.68 bits per heavy atom. The van der Waals surface area contributed by atoms with Crippen LogP contribution in [0.4, 0.5) is 5.69 Å². The number of furan rings is 1. The van der Waals surface area contributed by atoms with E-state index in [1.807, 2.05) is 43.3 Å². The van der Waals surface area contributed by atoms with Crippen LogP contribution in [0.3, 0.4) is 0 Å². The minimum atomic E-state index is -0.343. The predicted molar refractivity (Wildman–Crippen MR) is 113 cm³/mol. The molecule has 4 rings (SSSR count). The summed E-state index contributed by atoms with van der Waals surface area (Å²) in [6.07, 6.45) is 2.40. The quantitative estimate of drug-likeness (QED) is 0.483. The smallest absolute Gasteiger partial charge is 0.242 e. The molecule has 2 heterocycles. The van der Waals surface area contributed by atoms with Gasteiger partial charge in [0.25, 0.3) is 0 Å². The number of anilines is 1. The summed E-state index contributed by atoms with van der Waals surface area (Å²) in [7, 11) is 0. The number of thiazole rings is 1. The normalized spacial score (nSPS) is 12.0. The van der Waals surface area contributed by atoms with Crippen molar-refractivity contribution in [1.29, 1.82) is 0 Å². The number of hydrogen-bond donors (Lipinski definition) is 2. The van der Waals surface area contributed by atoms with E-state index in [2.05, 4.69) is 33.8 Å². The summed E-state index contributed by atoms with van der Waals surface area (Å²) in [5.41, 5.74) is 3.16. The fraction of sp³-hybridized carbons (Fsp3) is 0.182. The monoisotopic (exact) mass is 391 g/mol. The van der Waals surface area contributed by atoms with Gasteiger partial charge in [0.2, 0.25) is 5.91 Å². The van der Waals surface area contributed by atoms with E-state index in [0.29, 0.717) is 6.54 Å². The molecule has 6 heteroatoms. The number of nitrogens with zero attached hydrogens (tertiary/aromatic N) is 1. The summed E-state index contributed by atoms with van der Waals surface area (Å²) in [5, 5.41) is 7.19. The van der Waals surface area contributed by atoms with Crippen molar-refractivity contribution in [3.05, 3.63) is 83.3 Å². The minimum absolute atomic E-state index is 0.0741. The van der Waals surface area contributed by atoms with Crippen LogP contribution in [-0.2, 0) is 17.8 Å². The van der Waals surface area contributed by atoms with E-state index in [4.69, 9.17) is 4.42 Å². The molecule has 5 nitrogen and oxygen atoms in total. The van der Waals surface area contributed by atoms with Crippen LogP contribution in [0.25, 0.3) is 10.2 Å². The third-order valence-electron chi connectivity index (χ3n) is 4.44. The van der Waals surface area contributed by atoms with E-state index in [9.17, 15) is 4.79 Å². The molecule has 2 aromatic carbocycles. The summed E-state index contributed by atoms with van der Waals surface area (Å²) in [6, 6.07) is 19.6. The molecular formula is C22H21N3O2S. The molecule has 142 valence electrons. The highest BCUT2D eigenvalue weighted by Gasteiger charge is 2.13. The van der Waals surface area contributed by atoms with Crippen molar-refractivity contribution in [3.63, 3.8) is 0 Å². The van der Waals surface area contributed by atoms with Crippen LogP contribution in [-0.4, -0.2) is 16.9 Å². The Morgan fingerprint density at radius 2 is 1.93 bits per heavy atom. The lowest BCUT2D eigenvalue weighted by Crippen LogP contribution is -2.37. The lowest BCUT2D eigenvalue weighted by atomic mass is 10.1. The summed E-state index contributed by atoms with van der Waals surface area (Å²) in [4.78, 5) is 16.9. The first-order chi connectivity index (χ1) is 13.7. The molecule has 0 fully saturated rings. The highest BCUT2D eigenvalue weighted by molar-refractivity contribution is 7.18. The van der Waals surface area contributed by atoms with Crippen molar-refractivity contribution in [3.8, 4) is 0 Å². The first-order valence-electron chi connectivity index (χ1n) is 9.17. The number of aromatic nitrogens is 1. The van der Waals surface area contributed by atoms with Crippen LogP contribution in [0.5, 0.6) is 0 Å². The standard InChI is InChI=1S/C22H21N3O2S/c1-15(22(26)23-14-18-5-4-12-27-18)24-17-10-8-16(9-11-17)13-21-25-19-6-2-3-7-20(19)28-21/h2-12,15,24H,13-14H2,1H3,(H,23,26)/t15-/m0/s1. The number of amides is 1. The predicted octanol–water partition coefficient (Wildman–Crippen LogP) is 4.60. The number of nitrogens with one attached hydrogen (secondary N) is 2. The van der Waals surface area contributed by atoms with Gasteiger partial charge >= 0.3 is 0 Å². The number of fused-ring (bicyclic) bond motifs is 1. The summed E-state index contributed by atoms with van der Waals surface area (Å²) < 4.78 is 6.44. The van der Waals surface area contributed by atoms with Gasteiger partial charge in [-0.15, -0.1) is 11.3 Å². The molecule has 28 heavy (non-hydrogen) atoms. The van der Waals surface area contributed by atoms with Crippen molar-refractivity contribution in [2.24, 2.45) is 0 Å². The van der Waals surface area contributed by atoms with Gasteiger partial charge in [-0.3, -0.25) is 4.79 Å². The molecule has 0 unspecified atom stereocenters. The highest BCUT2D eigenvalue weighted by Crippen LogP contribution is 2.24. The van der Waals surface area contributed by atoms with E-state index in [0.717, 1.165) is 28.4 Å². The Morgan fingerprint density at radius 1 is 1.11 bits per heavy atom. The molecular weight excluding hydrogens is 370 g/mol. The van der Waals surface area contributed by atoms with Gasteiger partial charge in [-0.2, -0.15) is 0 Å². The lowest BCUT2D eigenvalue weighted by molar-refractivity contribution is -0.121. The molecule has 0 aliphatic heterocycles. The Labute approximate surface area is 167 Å². The molecule has 0 aliphatic rings. The Balaban J connectivity index is 1.32. The van der Waals surface area contributed by atoms with Gasteiger partial charge in [0, 0.05) is 12.1 Å². The number of hydrogen-bond acceptors (Lipinski definition) is 5. The number of benzene rings is 2. The van der Waals surface area contributed by atoms with Crippen molar-refractivity contribution in [1.82, 2.24) is 10.3 Å². The second-order valence-corrected chi connectivity index (χ2v) is 7.73. The molecule has 2 aromatic heterocycles. The molecule has 1 atom stereocenters. The number of carbonyl (C=O) groups is 1. The van der Waals surface area contributed by atoms with E-state index >= 15 is 0 Å². The SMILES string of the molecule is C[C@H](Nc1ccc(Cc2nc3ccccc3s2)cc1)C(=O)NCc1ccco1.